The molecule has 13 heavy (non-hydrogen) atoms. The lowest BCUT2D eigenvalue weighted by atomic mass is 9.97. The molecule has 0 radical (unpaired) electrons. The van der Waals surface area contributed by atoms with Crippen LogP contribution in [0.15, 0.2) is 12.1 Å². The molecule has 0 aliphatic heterocycles. The quantitative estimate of drug-likeness (QED) is 0.765. The van der Waals surface area contributed by atoms with Crippen molar-refractivity contribution < 1.29 is 5.11 Å². The summed E-state index contributed by atoms with van der Waals surface area (Å²) in [4.78, 5) is 0. The van der Waals surface area contributed by atoms with Crippen LogP contribution in [0.2, 0.25) is 5.02 Å². The van der Waals surface area contributed by atoms with E-state index in [9.17, 15) is 5.11 Å². The Labute approximate surface area is 84.4 Å². The zero-order chi connectivity index (χ0) is 10.0. The van der Waals surface area contributed by atoms with Gasteiger partial charge < -0.3 is 5.11 Å². The maximum absolute atomic E-state index is 9.51. The number of phenols is 1. The zero-order valence-corrected chi connectivity index (χ0v) is 9.02. The molecule has 1 N–H and O–H groups in total. The van der Waals surface area contributed by atoms with E-state index >= 15 is 0 Å². The van der Waals surface area contributed by atoms with Gasteiger partial charge in [-0.1, -0.05) is 25.4 Å². The van der Waals surface area contributed by atoms with Crippen LogP contribution in [-0.4, -0.2) is 5.11 Å². The number of hydrogen-bond acceptors (Lipinski definition) is 1. The molecule has 0 amide bonds. The topological polar surface area (TPSA) is 20.2 Å². The second kappa shape index (κ2) is 4.01. The smallest absolute Gasteiger partial charge is 0.118 e. The van der Waals surface area contributed by atoms with Crippen molar-refractivity contribution in [3.05, 3.63) is 28.3 Å². The van der Waals surface area contributed by atoms with Gasteiger partial charge in [0.25, 0.3) is 0 Å². The molecule has 1 unspecified atom stereocenters. The third-order valence-corrected chi connectivity index (χ3v) is 2.79. The van der Waals surface area contributed by atoms with Crippen molar-refractivity contribution in [2.75, 3.05) is 0 Å². The minimum atomic E-state index is 0.333. The lowest BCUT2D eigenvalue weighted by Crippen LogP contribution is -1.93. The van der Waals surface area contributed by atoms with Crippen LogP contribution in [0.1, 0.15) is 37.3 Å². The number of aromatic hydroxyl groups is 1. The number of halogens is 1. The first-order valence-corrected chi connectivity index (χ1v) is 4.93. The molecule has 1 atom stereocenters. The summed E-state index contributed by atoms with van der Waals surface area (Å²) in [6.07, 6.45) is 1.03. The molecule has 0 heterocycles. The van der Waals surface area contributed by atoms with E-state index in [1.807, 2.05) is 13.0 Å². The van der Waals surface area contributed by atoms with Gasteiger partial charge in [0.05, 0.1) is 0 Å². The third kappa shape index (κ3) is 2.16. The highest BCUT2D eigenvalue weighted by Crippen LogP contribution is 2.31. The summed E-state index contributed by atoms with van der Waals surface area (Å²) in [5, 5.41) is 10.3. The van der Waals surface area contributed by atoms with Gasteiger partial charge in [-0.25, -0.2) is 0 Å². The van der Waals surface area contributed by atoms with Crippen LogP contribution in [0.25, 0.3) is 0 Å². The molecule has 1 nitrogen and oxygen atoms in total. The molecule has 0 aliphatic rings. The Morgan fingerprint density at radius 1 is 1.46 bits per heavy atom. The second-order valence-electron chi connectivity index (χ2n) is 3.47. The van der Waals surface area contributed by atoms with Crippen molar-refractivity contribution >= 4 is 11.6 Å². The van der Waals surface area contributed by atoms with Crippen molar-refractivity contribution in [2.24, 2.45) is 0 Å². The third-order valence-electron chi connectivity index (χ3n) is 2.46. The Balaban J connectivity index is 3.15. The summed E-state index contributed by atoms with van der Waals surface area (Å²) in [6, 6.07) is 3.59. The maximum atomic E-state index is 9.51. The number of aryl methyl sites for hydroxylation is 1. The predicted octanol–water partition coefficient (Wildman–Crippen LogP) is 3.87. The van der Waals surface area contributed by atoms with E-state index < -0.39 is 0 Å². The van der Waals surface area contributed by atoms with Crippen LogP contribution >= 0.6 is 11.6 Å². The van der Waals surface area contributed by atoms with Crippen LogP contribution in [-0.2, 0) is 0 Å². The van der Waals surface area contributed by atoms with E-state index in [1.54, 1.807) is 6.07 Å². The first kappa shape index (κ1) is 10.4. The summed E-state index contributed by atoms with van der Waals surface area (Å²) in [6.45, 7) is 6.06. The van der Waals surface area contributed by atoms with E-state index in [0.29, 0.717) is 11.7 Å². The molecular formula is C11H15ClO. The molecular weight excluding hydrogens is 184 g/mol. The molecule has 0 saturated carbocycles. The maximum Gasteiger partial charge on any atom is 0.118 e. The fourth-order valence-corrected chi connectivity index (χ4v) is 1.68. The normalized spacial score (nSPS) is 12.9. The number of rotatable bonds is 2. The SMILES string of the molecule is CCC(C)c1cc(O)c(C)cc1Cl. The Hall–Kier alpha value is -0.690. The average molecular weight is 199 g/mol. The Morgan fingerprint density at radius 3 is 2.62 bits per heavy atom. The second-order valence-corrected chi connectivity index (χ2v) is 3.88. The van der Waals surface area contributed by atoms with Crippen molar-refractivity contribution in [3.63, 3.8) is 0 Å². The van der Waals surface area contributed by atoms with E-state index in [4.69, 9.17) is 11.6 Å². The fraction of sp³-hybridized carbons (Fsp3) is 0.455. The van der Waals surface area contributed by atoms with Gasteiger partial charge in [0.1, 0.15) is 5.75 Å². The summed E-state index contributed by atoms with van der Waals surface area (Å²) in [5.41, 5.74) is 1.87. The molecule has 0 saturated heterocycles. The summed E-state index contributed by atoms with van der Waals surface area (Å²) in [5.74, 6) is 0.735. The lowest BCUT2D eigenvalue weighted by Gasteiger charge is -2.12. The van der Waals surface area contributed by atoms with Gasteiger partial charge in [-0.2, -0.15) is 0 Å². The van der Waals surface area contributed by atoms with Crippen molar-refractivity contribution in [2.45, 2.75) is 33.1 Å². The van der Waals surface area contributed by atoms with Gasteiger partial charge in [-0.05, 0) is 42.5 Å². The van der Waals surface area contributed by atoms with Crippen LogP contribution in [0.4, 0.5) is 0 Å². The van der Waals surface area contributed by atoms with Crippen LogP contribution in [0, 0.1) is 6.92 Å². The van der Waals surface area contributed by atoms with Gasteiger partial charge in [0.2, 0.25) is 0 Å². The molecule has 1 aromatic rings. The fourth-order valence-electron chi connectivity index (χ4n) is 1.27. The van der Waals surface area contributed by atoms with Gasteiger partial charge >= 0.3 is 0 Å². The molecule has 0 fully saturated rings. The first-order valence-electron chi connectivity index (χ1n) is 4.55. The lowest BCUT2D eigenvalue weighted by molar-refractivity contribution is 0.469. The molecule has 0 spiro atoms. The first-order chi connectivity index (χ1) is 6.06. The highest BCUT2D eigenvalue weighted by molar-refractivity contribution is 6.31. The number of phenolic OH excluding ortho intramolecular Hbond substituents is 1. The predicted molar refractivity (Wildman–Crippen MR) is 56.6 cm³/mol. The highest BCUT2D eigenvalue weighted by atomic mass is 35.5. The summed E-state index contributed by atoms with van der Waals surface area (Å²) < 4.78 is 0. The molecule has 1 aromatic carbocycles. The molecule has 72 valence electrons. The number of benzene rings is 1. The molecule has 1 rings (SSSR count). The van der Waals surface area contributed by atoms with Crippen LogP contribution < -0.4 is 0 Å². The van der Waals surface area contributed by atoms with Gasteiger partial charge in [0.15, 0.2) is 0 Å². The standard InChI is InChI=1S/C11H15ClO/c1-4-7(2)9-6-11(13)8(3)5-10(9)12/h5-7,13H,4H2,1-3H3. The minimum absolute atomic E-state index is 0.333. The zero-order valence-electron chi connectivity index (χ0n) is 8.26. The van der Waals surface area contributed by atoms with Crippen molar-refractivity contribution in [3.8, 4) is 5.75 Å². The van der Waals surface area contributed by atoms with E-state index in [-0.39, 0.29) is 0 Å². The van der Waals surface area contributed by atoms with E-state index in [2.05, 4.69) is 13.8 Å². The van der Waals surface area contributed by atoms with Gasteiger partial charge in [-0.3, -0.25) is 0 Å². The Morgan fingerprint density at radius 2 is 2.08 bits per heavy atom. The minimum Gasteiger partial charge on any atom is -0.508 e. The molecule has 0 aliphatic carbocycles. The molecule has 0 aromatic heterocycles. The van der Waals surface area contributed by atoms with E-state index in [1.165, 1.54) is 0 Å². The largest absolute Gasteiger partial charge is 0.508 e. The Bertz CT molecular complexity index is 307. The van der Waals surface area contributed by atoms with Crippen LogP contribution in [0.5, 0.6) is 5.75 Å². The summed E-state index contributed by atoms with van der Waals surface area (Å²) in [7, 11) is 0. The summed E-state index contributed by atoms with van der Waals surface area (Å²) >= 11 is 6.06. The van der Waals surface area contributed by atoms with Gasteiger partial charge in [0, 0.05) is 5.02 Å². The highest BCUT2D eigenvalue weighted by Gasteiger charge is 2.10. The Kier molecular flexibility index (Phi) is 3.21. The van der Waals surface area contributed by atoms with Crippen LogP contribution in [0.3, 0.4) is 0 Å². The number of hydrogen-bond donors (Lipinski definition) is 1. The van der Waals surface area contributed by atoms with Gasteiger partial charge in [-0.15, -0.1) is 0 Å². The van der Waals surface area contributed by atoms with E-state index in [0.717, 1.165) is 22.6 Å². The van der Waals surface area contributed by atoms with Crippen molar-refractivity contribution in [1.82, 2.24) is 0 Å². The molecule has 2 heteroatoms. The molecule has 0 bridgehead atoms. The van der Waals surface area contributed by atoms with Crippen molar-refractivity contribution in [1.29, 1.82) is 0 Å². The average Bonchev–Trinajstić information content (AvgIpc) is 2.10. The monoisotopic (exact) mass is 198 g/mol.